The van der Waals surface area contributed by atoms with Crippen LogP contribution in [0.15, 0.2) is 85.9 Å². The molecule has 0 bridgehead atoms. The standard InChI is InChI=1S/C44H50N8O8/c1-24(2)36(49-43(56)58-3)41(54)51-18-8-12-32(51)39-46-23-31(48-39)27-14-16-28-35(21-27)60-34-17-15-26(20-29(34)38(28)53)30-22-45-40(47-30)33-13-9-19-52(33)42(55)37(50-44(57)59-4)25-10-6-5-7-11-25/h5-7,10-11,14-17,20-21,24,30-33,36-37H,8-9,12-13,18-19,22-23H2,1-4H3,(H,45,47)(H,46,48)(H,49,56)(H,50,57)/t30?,31?,32-,33-,36-,37+/m0/s1. The zero-order valence-corrected chi connectivity index (χ0v) is 34.1. The van der Waals surface area contributed by atoms with Crippen LogP contribution in [0.4, 0.5) is 9.59 Å². The van der Waals surface area contributed by atoms with Crippen LogP contribution in [0.5, 0.6) is 0 Å². The third-order valence-electron chi connectivity index (χ3n) is 12.0. The van der Waals surface area contributed by atoms with Crippen molar-refractivity contribution in [2.24, 2.45) is 15.9 Å². The van der Waals surface area contributed by atoms with E-state index >= 15 is 0 Å². The van der Waals surface area contributed by atoms with Crippen molar-refractivity contribution in [2.45, 2.75) is 75.8 Å². The topological polar surface area (TPSA) is 196 Å². The maximum Gasteiger partial charge on any atom is 0.407 e. The number of benzene rings is 3. The van der Waals surface area contributed by atoms with Crippen molar-refractivity contribution in [1.29, 1.82) is 0 Å². The zero-order valence-electron chi connectivity index (χ0n) is 34.1. The molecule has 3 aromatic carbocycles. The Hall–Kier alpha value is -6.45. The van der Waals surface area contributed by atoms with Crippen molar-refractivity contribution in [3.63, 3.8) is 0 Å². The lowest BCUT2D eigenvalue weighted by atomic mass is 10.0. The average Bonchev–Trinajstić information content (AvgIpc) is 4.11. The van der Waals surface area contributed by atoms with Gasteiger partial charge in [-0.2, -0.15) is 0 Å². The van der Waals surface area contributed by atoms with Crippen LogP contribution < -0.4 is 26.7 Å². The molecule has 314 valence electrons. The maximum absolute atomic E-state index is 14.0. The highest BCUT2D eigenvalue weighted by molar-refractivity contribution is 5.97. The Balaban J connectivity index is 0.948. The second-order valence-electron chi connectivity index (χ2n) is 16.0. The van der Waals surface area contributed by atoms with E-state index in [0.29, 0.717) is 59.5 Å². The number of rotatable bonds is 10. The largest absolute Gasteiger partial charge is 0.456 e. The van der Waals surface area contributed by atoms with E-state index in [1.165, 1.54) is 14.2 Å². The molecule has 4 aromatic rings. The van der Waals surface area contributed by atoms with Crippen LogP contribution in [-0.4, -0.2) is 104 Å². The van der Waals surface area contributed by atoms with Crippen LogP contribution in [-0.2, 0) is 19.1 Å². The molecule has 5 heterocycles. The normalized spacial score (nSPS) is 22.2. The lowest BCUT2D eigenvalue weighted by Crippen LogP contribution is -2.54. The fourth-order valence-electron chi connectivity index (χ4n) is 8.80. The van der Waals surface area contributed by atoms with Crippen molar-refractivity contribution in [1.82, 2.24) is 31.1 Å². The molecule has 16 nitrogen and oxygen atoms in total. The Bertz CT molecular complexity index is 2430. The van der Waals surface area contributed by atoms with Crippen molar-refractivity contribution in [3.8, 4) is 0 Å². The molecule has 0 saturated carbocycles. The molecule has 6 atom stereocenters. The van der Waals surface area contributed by atoms with Gasteiger partial charge in [-0.3, -0.25) is 24.4 Å². The van der Waals surface area contributed by atoms with Gasteiger partial charge in [0.05, 0.1) is 62.2 Å². The number of methoxy groups -OCH3 is 2. The summed E-state index contributed by atoms with van der Waals surface area (Å²) < 4.78 is 15.9. The molecule has 4 aliphatic heterocycles. The minimum Gasteiger partial charge on any atom is -0.456 e. The molecule has 60 heavy (non-hydrogen) atoms. The number of nitrogens with zero attached hydrogens (tertiary/aromatic N) is 4. The number of amidine groups is 2. The van der Waals surface area contributed by atoms with Crippen LogP contribution >= 0.6 is 0 Å². The predicted octanol–water partition coefficient (Wildman–Crippen LogP) is 4.49. The van der Waals surface area contributed by atoms with Crippen LogP contribution in [0.25, 0.3) is 21.9 Å². The number of aliphatic imine (C=N–C) groups is 2. The lowest BCUT2D eigenvalue weighted by Gasteiger charge is -2.31. The Morgan fingerprint density at radius 1 is 0.733 bits per heavy atom. The fourth-order valence-corrected chi connectivity index (χ4v) is 8.80. The first-order valence-corrected chi connectivity index (χ1v) is 20.5. The van der Waals surface area contributed by atoms with Gasteiger partial charge in [0, 0.05) is 13.1 Å². The highest BCUT2D eigenvalue weighted by atomic mass is 16.5. The van der Waals surface area contributed by atoms with Gasteiger partial charge < -0.3 is 45.0 Å². The SMILES string of the molecule is COC(=O)N[C@H](C(=O)N1CCC[C@H]1C1=NCC(c2ccc3c(=O)c4cc(C5CN=C([C@@H]6CCCN6C(=O)[C@H](NC(=O)OC)c6ccccc6)N5)ccc4oc3c2)N1)C(C)C. The van der Waals surface area contributed by atoms with Crippen LogP contribution in [0, 0.1) is 5.92 Å². The minimum atomic E-state index is -0.912. The molecule has 16 heteroatoms. The van der Waals surface area contributed by atoms with Crippen molar-refractivity contribution < 1.29 is 33.1 Å². The van der Waals surface area contributed by atoms with Gasteiger partial charge in [0.15, 0.2) is 0 Å². The van der Waals surface area contributed by atoms with Crippen molar-refractivity contribution in [3.05, 3.63) is 93.6 Å². The molecule has 0 radical (unpaired) electrons. The lowest BCUT2D eigenvalue weighted by molar-refractivity contribution is -0.134. The first kappa shape index (κ1) is 40.3. The summed E-state index contributed by atoms with van der Waals surface area (Å²) in [6.45, 7) is 5.74. The molecule has 0 aliphatic carbocycles. The Kier molecular flexibility index (Phi) is 11.4. The van der Waals surface area contributed by atoms with Crippen LogP contribution in [0.2, 0.25) is 0 Å². The Morgan fingerprint density at radius 3 is 1.93 bits per heavy atom. The van der Waals surface area contributed by atoms with E-state index in [9.17, 15) is 24.0 Å². The molecule has 4 amide bonds. The molecule has 4 aliphatic rings. The summed E-state index contributed by atoms with van der Waals surface area (Å²) in [5.74, 6) is 0.887. The zero-order chi connectivity index (χ0) is 42.1. The number of alkyl carbamates (subject to hydrolysis) is 2. The first-order chi connectivity index (χ1) is 29.0. The van der Waals surface area contributed by atoms with Gasteiger partial charge in [-0.05, 0) is 72.6 Å². The van der Waals surface area contributed by atoms with E-state index in [2.05, 4.69) is 21.3 Å². The van der Waals surface area contributed by atoms with E-state index in [1.807, 2.05) is 62.4 Å². The predicted molar refractivity (Wildman–Crippen MR) is 225 cm³/mol. The van der Waals surface area contributed by atoms with E-state index in [4.69, 9.17) is 23.9 Å². The number of hydrogen-bond donors (Lipinski definition) is 4. The van der Waals surface area contributed by atoms with Crippen molar-refractivity contribution in [2.75, 3.05) is 40.4 Å². The molecule has 2 unspecified atom stereocenters. The smallest absolute Gasteiger partial charge is 0.407 e. The highest BCUT2D eigenvalue weighted by Crippen LogP contribution is 2.31. The third kappa shape index (κ3) is 7.85. The third-order valence-corrected chi connectivity index (χ3v) is 12.0. The molecular formula is C44H50N8O8. The van der Waals surface area contributed by atoms with E-state index in [-0.39, 0.29) is 47.3 Å². The molecule has 0 spiro atoms. The monoisotopic (exact) mass is 818 g/mol. The van der Waals surface area contributed by atoms with Crippen LogP contribution in [0.3, 0.4) is 0 Å². The number of ether oxygens (including phenoxy) is 2. The van der Waals surface area contributed by atoms with E-state index in [0.717, 1.165) is 42.6 Å². The van der Waals surface area contributed by atoms with Gasteiger partial charge in [-0.15, -0.1) is 0 Å². The molecule has 4 N–H and O–H groups in total. The van der Waals surface area contributed by atoms with Gasteiger partial charge in [0.2, 0.25) is 11.3 Å². The van der Waals surface area contributed by atoms with E-state index in [1.54, 1.807) is 28.0 Å². The number of nitrogens with one attached hydrogen (secondary N) is 4. The summed E-state index contributed by atoms with van der Waals surface area (Å²) >= 11 is 0. The average molecular weight is 819 g/mol. The Labute approximate surface area is 346 Å². The summed E-state index contributed by atoms with van der Waals surface area (Å²) in [4.78, 5) is 79.0. The van der Waals surface area contributed by atoms with Gasteiger partial charge in [0.1, 0.15) is 34.9 Å². The second-order valence-corrected chi connectivity index (χ2v) is 16.0. The number of carbonyl (C=O) groups excluding carboxylic acids is 4. The maximum atomic E-state index is 14.0. The van der Waals surface area contributed by atoms with Gasteiger partial charge in [0.25, 0.3) is 5.91 Å². The summed E-state index contributed by atoms with van der Waals surface area (Å²) in [5, 5.41) is 13.4. The number of amides is 4. The van der Waals surface area contributed by atoms with E-state index < -0.39 is 24.3 Å². The molecular weight excluding hydrogens is 769 g/mol. The minimum absolute atomic E-state index is 0.133. The van der Waals surface area contributed by atoms with Crippen molar-refractivity contribution >= 4 is 57.6 Å². The summed E-state index contributed by atoms with van der Waals surface area (Å²) in [5.41, 5.74) is 3.21. The van der Waals surface area contributed by atoms with Crippen LogP contribution in [0.1, 0.15) is 74.3 Å². The number of carbonyl (C=O) groups is 4. The molecule has 8 rings (SSSR count). The summed E-state index contributed by atoms with van der Waals surface area (Å²) in [7, 11) is 2.54. The summed E-state index contributed by atoms with van der Waals surface area (Å²) in [6, 6.07) is 17.7. The summed E-state index contributed by atoms with van der Waals surface area (Å²) in [6.07, 6.45) is 1.74. The first-order valence-electron chi connectivity index (χ1n) is 20.5. The number of fused-ring (bicyclic) bond motifs is 2. The molecule has 2 saturated heterocycles. The quantitative estimate of drug-likeness (QED) is 0.166. The van der Waals surface area contributed by atoms with Gasteiger partial charge in [-0.1, -0.05) is 56.3 Å². The van der Waals surface area contributed by atoms with Gasteiger partial charge >= 0.3 is 12.2 Å². The number of likely N-dealkylation sites (tertiary alicyclic amines) is 2. The Morgan fingerprint density at radius 2 is 1.32 bits per heavy atom. The number of hydrogen-bond acceptors (Lipinski definition) is 12. The molecule has 1 aromatic heterocycles. The fraction of sp³-hybridized carbons (Fsp3) is 0.432. The second kappa shape index (κ2) is 17.0. The van der Waals surface area contributed by atoms with Gasteiger partial charge in [-0.25, -0.2) is 9.59 Å². The highest BCUT2D eigenvalue weighted by Gasteiger charge is 2.41. The molecule has 2 fully saturated rings.